The summed E-state index contributed by atoms with van der Waals surface area (Å²) >= 11 is 1.76. The van der Waals surface area contributed by atoms with Gasteiger partial charge in [0.25, 0.3) is 0 Å². The van der Waals surface area contributed by atoms with Gasteiger partial charge in [-0.2, -0.15) is 0 Å². The van der Waals surface area contributed by atoms with E-state index in [0.717, 1.165) is 53.5 Å². The lowest BCUT2D eigenvalue weighted by molar-refractivity contribution is -0.132. The second-order valence-electron chi connectivity index (χ2n) is 7.83. The summed E-state index contributed by atoms with van der Waals surface area (Å²) in [5.74, 6) is 2.26. The van der Waals surface area contributed by atoms with Gasteiger partial charge in [-0.25, -0.2) is 4.98 Å². The van der Waals surface area contributed by atoms with E-state index in [1.54, 1.807) is 11.3 Å². The second-order valence-corrected chi connectivity index (χ2v) is 8.89. The number of fused-ring (bicyclic) bond motifs is 1. The Morgan fingerprint density at radius 1 is 1.07 bits per heavy atom. The first kappa shape index (κ1) is 19.1. The summed E-state index contributed by atoms with van der Waals surface area (Å²) in [4.78, 5) is 19.7. The molecular weight excluding hydrogens is 392 g/mol. The van der Waals surface area contributed by atoms with E-state index in [0.29, 0.717) is 18.8 Å². The minimum atomic E-state index is 0.207. The Bertz CT molecular complexity index is 1120. The van der Waals surface area contributed by atoms with Crippen molar-refractivity contribution < 1.29 is 9.21 Å². The Balaban J connectivity index is 1.20. The number of aromatic nitrogens is 1. The van der Waals surface area contributed by atoms with Crippen LogP contribution < -0.4 is 0 Å². The van der Waals surface area contributed by atoms with Crippen LogP contribution in [0.2, 0.25) is 0 Å². The van der Waals surface area contributed by atoms with E-state index in [2.05, 4.69) is 18.2 Å². The molecule has 4 nitrogen and oxygen atoms in total. The van der Waals surface area contributed by atoms with Crippen LogP contribution in [0, 0.1) is 0 Å². The summed E-state index contributed by atoms with van der Waals surface area (Å²) in [5.41, 5.74) is 2.12. The number of benzene rings is 2. The third-order valence-corrected chi connectivity index (χ3v) is 6.94. The van der Waals surface area contributed by atoms with Gasteiger partial charge in [0, 0.05) is 37.4 Å². The summed E-state index contributed by atoms with van der Waals surface area (Å²) in [5, 5.41) is 1.16. The molecule has 4 aromatic rings. The van der Waals surface area contributed by atoms with E-state index in [4.69, 9.17) is 9.40 Å². The number of furan rings is 1. The third kappa shape index (κ3) is 4.03. The minimum Gasteiger partial charge on any atom is -0.461 e. The summed E-state index contributed by atoms with van der Waals surface area (Å²) < 4.78 is 7.18. The van der Waals surface area contributed by atoms with Crippen LogP contribution in [0.5, 0.6) is 0 Å². The molecule has 0 saturated carbocycles. The lowest BCUT2D eigenvalue weighted by Gasteiger charge is -2.31. The highest BCUT2D eigenvalue weighted by molar-refractivity contribution is 7.18. The molecule has 1 aliphatic rings. The lowest BCUT2D eigenvalue weighted by atomic mass is 9.98. The van der Waals surface area contributed by atoms with Gasteiger partial charge in [-0.3, -0.25) is 4.79 Å². The zero-order chi connectivity index (χ0) is 20.3. The molecule has 2 aromatic carbocycles. The van der Waals surface area contributed by atoms with Crippen LogP contribution in [0.25, 0.3) is 21.5 Å². The zero-order valence-corrected chi connectivity index (χ0v) is 17.6. The van der Waals surface area contributed by atoms with E-state index in [1.165, 1.54) is 4.70 Å². The number of rotatable bonds is 5. The van der Waals surface area contributed by atoms with E-state index in [1.807, 2.05) is 53.4 Å². The summed E-state index contributed by atoms with van der Waals surface area (Å²) in [6, 6.07) is 22.3. The van der Waals surface area contributed by atoms with Crippen molar-refractivity contribution in [1.29, 1.82) is 0 Å². The second kappa shape index (κ2) is 8.44. The van der Waals surface area contributed by atoms with Crippen molar-refractivity contribution in [3.8, 4) is 11.3 Å². The van der Waals surface area contributed by atoms with Crippen LogP contribution in [0.15, 0.2) is 71.1 Å². The molecule has 0 N–H and O–H groups in total. The SMILES string of the molecule is O=C(CCc1ccc(-c2ccccc2)o1)N1CCC[C@@H](c2nc3ccccc3s2)C1. The highest BCUT2D eigenvalue weighted by Crippen LogP contribution is 2.33. The first-order valence-corrected chi connectivity index (χ1v) is 11.4. The predicted octanol–water partition coefficient (Wildman–Crippen LogP) is 5.90. The molecule has 1 amide bonds. The van der Waals surface area contributed by atoms with Gasteiger partial charge in [-0.1, -0.05) is 42.5 Å². The van der Waals surface area contributed by atoms with E-state index in [-0.39, 0.29) is 5.91 Å². The molecule has 1 fully saturated rings. The molecule has 152 valence electrons. The Morgan fingerprint density at radius 2 is 1.90 bits per heavy atom. The van der Waals surface area contributed by atoms with Gasteiger partial charge < -0.3 is 9.32 Å². The maximum absolute atomic E-state index is 12.9. The van der Waals surface area contributed by atoms with Crippen molar-refractivity contribution in [1.82, 2.24) is 9.88 Å². The molecule has 3 heterocycles. The number of nitrogens with zero attached hydrogens (tertiary/aromatic N) is 2. The molecule has 0 unspecified atom stereocenters. The number of thiazole rings is 1. The topological polar surface area (TPSA) is 46.3 Å². The van der Waals surface area contributed by atoms with Crippen molar-refractivity contribution >= 4 is 27.5 Å². The molecule has 2 aromatic heterocycles. The Hall–Kier alpha value is -2.92. The fraction of sp³-hybridized carbons (Fsp3) is 0.280. The standard InChI is InChI=1S/C25H24N2O2S/c28-24(15-13-20-12-14-22(29-20)18-7-2-1-3-8-18)27-16-6-9-19(17-27)25-26-21-10-4-5-11-23(21)30-25/h1-5,7-8,10-12,14,19H,6,9,13,15-17H2/t19-/m1/s1. The maximum atomic E-state index is 12.9. The minimum absolute atomic E-state index is 0.207. The van der Waals surface area contributed by atoms with Crippen molar-refractivity contribution in [2.24, 2.45) is 0 Å². The Morgan fingerprint density at radius 3 is 2.77 bits per heavy atom. The lowest BCUT2D eigenvalue weighted by Crippen LogP contribution is -2.39. The number of carbonyl (C=O) groups excluding carboxylic acids is 1. The third-order valence-electron chi connectivity index (χ3n) is 5.74. The number of piperidine rings is 1. The van der Waals surface area contributed by atoms with Gasteiger partial charge in [0.1, 0.15) is 11.5 Å². The number of likely N-dealkylation sites (tertiary alicyclic amines) is 1. The molecule has 0 bridgehead atoms. The van der Waals surface area contributed by atoms with Gasteiger partial charge in [-0.05, 0) is 37.1 Å². The molecule has 0 radical (unpaired) electrons. The van der Waals surface area contributed by atoms with Crippen molar-refractivity contribution in [2.45, 2.75) is 31.6 Å². The van der Waals surface area contributed by atoms with Gasteiger partial charge in [0.15, 0.2) is 0 Å². The normalized spacial score (nSPS) is 16.8. The Labute approximate surface area is 180 Å². The Kier molecular flexibility index (Phi) is 5.37. The maximum Gasteiger partial charge on any atom is 0.223 e. The van der Waals surface area contributed by atoms with Crippen LogP contribution in [0.3, 0.4) is 0 Å². The summed E-state index contributed by atoms with van der Waals surface area (Å²) in [6.45, 7) is 1.61. The number of amides is 1. The van der Waals surface area contributed by atoms with Gasteiger partial charge in [0.05, 0.1) is 15.2 Å². The molecule has 0 aliphatic carbocycles. The molecule has 1 saturated heterocycles. The molecule has 30 heavy (non-hydrogen) atoms. The fourth-order valence-electron chi connectivity index (χ4n) is 4.13. The average Bonchev–Trinajstić information content (AvgIpc) is 3.45. The largest absolute Gasteiger partial charge is 0.461 e. The van der Waals surface area contributed by atoms with E-state index < -0.39 is 0 Å². The van der Waals surface area contributed by atoms with Crippen LogP contribution in [0.4, 0.5) is 0 Å². The van der Waals surface area contributed by atoms with Crippen molar-refractivity contribution in [2.75, 3.05) is 13.1 Å². The van der Waals surface area contributed by atoms with E-state index >= 15 is 0 Å². The van der Waals surface area contributed by atoms with Crippen LogP contribution in [-0.4, -0.2) is 28.9 Å². The fourth-order valence-corrected chi connectivity index (χ4v) is 5.22. The summed E-state index contributed by atoms with van der Waals surface area (Å²) in [7, 11) is 0. The van der Waals surface area contributed by atoms with Crippen molar-refractivity contribution in [3.63, 3.8) is 0 Å². The zero-order valence-electron chi connectivity index (χ0n) is 16.8. The first-order chi connectivity index (χ1) is 14.8. The predicted molar refractivity (Wildman–Crippen MR) is 121 cm³/mol. The molecule has 1 atom stereocenters. The van der Waals surface area contributed by atoms with Gasteiger partial charge in [-0.15, -0.1) is 11.3 Å². The van der Waals surface area contributed by atoms with Crippen LogP contribution in [-0.2, 0) is 11.2 Å². The average molecular weight is 417 g/mol. The molecule has 5 rings (SSSR count). The molecular formula is C25H24N2O2S. The highest BCUT2D eigenvalue weighted by atomic mass is 32.1. The van der Waals surface area contributed by atoms with Gasteiger partial charge in [0.2, 0.25) is 5.91 Å². The molecule has 5 heteroatoms. The number of hydrogen-bond acceptors (Lipinski definition) is 4. The highest BCUT2D eigenvalue weighted by Gasteiger charge is 2.26. The summed E-state index contributed by atoms with van der Waals surface area (Å²) in [6.07, 6.45) is 3.25. The van der Waals surface area contributed by atoms with Crippen LogP contribution >= 0.6 is 11.3 Å². The quantitative estimate of drug-likeness (QED) is 0.407. The number of para-hydroxylation sites is 1. The first-order valence-electron chi connectivity index (χ1n) is 10.5. The van der Waals surface area contributed by atoms with Gasteiger partial charge >= 0.3 is 0 Å². The molecule has 1 aliphatic heterocycles. The van der Waals surface area contributed by atoms with Crippen LogP contribution in [0.1, 0.15) is 35.9 Å². The number of aryl methyl sites for hydroxylation is 1. The molecule has 0 spiro atoms. The smallest absolute Gasteiger partial charge is 0.223 e. The van der Waals surface area contributed by atoms with E-state index in [9.17, 15) is 4.79 Å². The monoisotopic (exact) mass is 416 g/mol. The van der Waals surface area contributed by atoms with Crippen molar-refractivity contribution in [3.05, 3.63) is 77.5 Å². The number of carbonyl (C=O) groups is 1. The number of hydrogen-bond donors (Lipinski definition) is 0.